The molecule has 2 aromatic carbocycles. The summed E-state index contributed by atoms with van der Waals surface area (Å²) in [6, 6.07) is 21.6. The molecule has 0 atom stereocenters. The SMILES string of the molecule is CC(=O)CC1=CCC(c2ccccc2)(c2ccccc2)CC1. The van der Waals surface area contributed by atoms with Gasteiger partial charge in [-0.15, -0.1) is 0 Å². The van der Waals surface area contributed by atoms with Crippen LogP contribution in [0.25, 0.3) is 0 Å². The zero-order valence-corrected chi connectivity index (χ0v) is 13.1. The van der Waals surface area contributed by atoms with Gasteiger partial charge >= 0.3 is 0 Å². The number of rotatable bonds is 4. The van der Waals surface area contributed by atoms with E-state index in [1.165, 1.54) is 16.7 Å². The third-order valence-electron chi connectivity index (χ3n) is 4.74. The Morgan fingerprint density at radius 3 is 1.91 bits per heavy atom. The molecule has 112 valence electrons. The van der Waals surface area contributed by atoms with E-state index in [1.54, 1.807) is 6.92 Å². The van der Waals surface area contributed by atoms with Crippen LogP contribution < -0.4 is 0 Å². The van der Waals surface area contributed by atoms with Crippen molar-refractivity contribution in [2.45, 2.75) is 38.0 Å². The summed E-state index contributed by atoms with van der Waals surface area (Å²) in [5, 5.41) is 0. The van der Waals surface area contributed by atoms with Crippen molar-refractivity contribution < 1.29 is 4.79 Å². The fourth-order valence-corrected chi connectivity index (χ4v) is 3.58. The summed E-state index contributed by atoms with van der Waals surface area (Å²) in [6.45, 7) is 1.68. The monoisotopic (exact) mass is 290 g/mol. The molecule has 1 heteroatoms. The molecule has 0 spiro atoms. The minimum atomic E-state index is 0.0445. The molecule has 2 aromatic rings. The lowest BCUT2D eigenvalue weighted by molar-refractivity contribution is -0.116. The van der Waals surface area contributed by atoms with Crippen molar-refractivity contribution in [3.05, 3.63) is 83.4 Å². The van der Waals surface area contributed by atoms with Crippen LogP contribution in [0.4, 0.5) is 0 Å². The molecule has 0 N–H and O–H groups in total. The predicted molar refractivity (Wildman–Crippen MR) is 90.9 cm³/mol. The molecular weight excluding hydrogens is 268 g/mol. The van der Waals surface area contributed by atoms with Crippen LogP contribution in [0, 0.1) is 0 Å². The lowest BCUT2D eigenvalue weighted by atomic mass is 9.66. The second-order valence-electron chi connectivity index (χ2n) is 6.26. The topological polar surface area (TPSA) is 17.1 Å². The first-order chi connectivity index (χ1) is 10.7. The molecule has 0 aliphatic heterocycles. The average Bonchev–Trinajstić information content (AvgIpc) is 2.57. The molecule has 0 bridgehead atoms. The molecule has 0 saturated heterocycles. The molecule has 22 heavy (non-hydrogen) atoms. The average molecular weight is 290 g/mol. The van der Waals surface area contributed by atoms with E-state index < -0.39 is 0 Å². The highest BCUT2D eigenvalue weighted by molar-refractivity contribution is 5.78. The van der Waals surface area contributed by atoms with Gasteiger partial charge in [-0.25, -0.2) is 0 Å². The molecule has 0 radical (unpaired) electrons. The Labute approximate surface area is 132 Å². The van der Waals surface area contributed by atoms with Crippen molar-refractivity contribution in [3.8, 4) is 0 Å². The number of carbonyl (C=O) groups is 1. The van der Waals surface area contributed by atoms with Gasteiger partial charge in [0.25, 0.3) is 0 Å². The lowest BCUT2D eigenvalue weighted by Crippen LogP contribution is -2.30. The summed E-state index contributed by atoms with van der Waals surface area (Å²) in [5.41, 5.74) is 4.09. The first kappa shape index (κ1) is 14.8. The molecule has 0 amide bonds. The molecule has 0 saturated carbocycles. The van der Waals surface area contributed by atoms with E-state index >= 15 is 0 Å². The maximum atomic E-state index is 11.4. The van der Waals surface area contributed by atoms with Crippen LogP contribution in [-0.2, 0) is 10.2 Å². The van der Waals surface area contributed by atoms with Gasteiger partial charge in [-0.1, -0.05) is 72.3 Å². The van der Waals surface area contributed by atoms with Gasteiger partial charge in [-0.3, -0.25) is 4.79 Å². The van der Waals surface area contributed by atoms with Crippen molar-refractivity contribution in [1.29, 1.82) is 0 Å². The van der Waals surface area contributed by atoms with E-state index in [2.05, 4.69) is 66.7 Å². The minimum Gasteiger partial charge on any atom is -0.300 e. The fraction of sp³-hybridized carbons (Fsp3) is 0.286. The normalized spacial score (nSPS) is 16.9. The van der Waals surface area contributed by atoms with E-state index in [0.717, 1.165) is 19.3 Å². The Kier molecular flexibility index (Phi) is 4.24. The molecule has 0 aromatic heterocycles. The van der Waals surface area contributed by atoms with E-state index in [4.69, 9.17) is 0 Å². The number of carbonyl (C=O) groups excluding carboxylic acids is 1. The first-order valence-electron chi connectivity index (χ1n) is 7.99. The molecule has 0 fully saturated rings. The molecule has 0 unspecified atom stereocenters. The van der Waals surface area contributed by atoms with Gasteiger partial charge in [0.15, 0.2) is 0 Å². The Bertz CT molecular complexity index is 628. The summed E-state index contributed by atoms with van der Waals surface area (Å²) < 4.78 is 0. The molecular formula is C21H22O. The predicted octanol–water partition coefficient (Wildman–Crippen LogP) is 5.06. The third-order valence-corrected chi connectivity index (χ3v) is 4.74. The van der Waals surface area contributed by atoms with E-state index in [1.807, 2.05) is 0 Å². The Balaban J connectivity index is 2.00. The van der Waals surface area contributed by atoms with Crippen molar-refractivity contribution >= 4 is 5.78 Å². The molecule has 0 heterocycles. The second kappa shape index (κ2) is 6.31. The number of ketones is 1. The zero-order chi connectivity index (χ0) is 15.4. The summed E-state index contributed by atoms with van der Waals surface area (Å²) >= 11 is 0. The summed E-state index contributed by atoms with van der Waals surface area (Å²) in [6.07, 6.45) is 5.96. The van der Waals surface area contributed by atoms with Gasteiger partial charge in [0.2, 0.25) is 0 Å². The number of hydrogen-bond donors (Lipinski definition) is 0. The minimum absolute atomic E-state index is 0.0445. The summed E-state index contributed by atoms with van der Waals surface area (Å²) in [4.78, 5) is 11.4. The van der Waals surface area contributed by atoms with Gasteiger partial charge < -0.3 is 0 Å². The molecule has 1 aliphatic rings. The van der Waals surface area contributed by atoms with E-state index in [9.17, 15) is 4.79 Å². The summed E-state index contributed by atoms with van der Waals surface area (Å²) in [5.74, 6) is 0.262. The highest BCUT2D eigenvalue weighted by Gasteiger charge is 2.35. The van der Waals surface area contributed by atoms with Gasteiger partial charge in [0.05, 0.1) is 0 Å². The highest BCUT2D eigenvalue weighted by atomic mass is 16.1. The van der Waals surface area contributed by atoms with Crippen LogP contribution in [0.3, 0.4) is 0 Å². The maximum Gasteiger partial charge on any atom is 0.133 e. The maximum absolute atomic E-state index is 11.4. The van der Waals surface area contributed by atoms with E-state index in [0.29, 0.717) is 6.42 Å². The van der Waals surface area contributed by atoms with Crippen molar-refractivity contribution in [2.24, 2.45) is 0 Å². The largest absolute Gasteiger partial charge is 0.300 e. The first-order valence-corrected chi connectivity index (χ1v) is 7.99. The van der Waals surface area contributed by atoms with Gasteiger partial charge in [-0.05, 0) is 37.3 Å². The standard InChI is InChI=1S/C21H22O/c1-17(22)16-18-12-14-21(15-13-18,19-8-4-2-5-9-19)20-10-6-3-7-11-20/h2-12H,13-16H2,1H3. The Hall–Kier alpha value is -2.15. The highest BCUT2D eigenvalue weighted by Crippen LogP contribution is 2.44. The van der Waals surface area contributed by atoms with E-state index in [-0.39, 0.29) is 11.2 Å². The van der Waals surface area contributed by atoms with Crippen LogP contribution in [0.5, 0.6) is 0 Å². The van der Waals surface area contributed by atoms with Crippen LogP contribution >= 0.6 is 0 Å². The molecule has 1 aliphatic carbocycles. The fourth-order valence-electron chi connectivity index (χ4n) is 3.58. The van der Waals surface area contributed by atoms with Crippen molar-refractivity contribution in [2.75, 3.05) is 0 Å². The number of benzene rings is 2. The quantitative estimate of drug-likeness (QED) is 0.719. The van der Waals surface area contributed by atoms with Crippen molar-refractivity contribution in [3.63, 3.8) is 0 Å². The number of allylic oxidation sites excluding steroid dienone is 2. The van der Waals surface area contributed by atoms with Gasteiger partial charge in [0, 0.05) is 11.8 Å². The van der Waals surface area contributed by atoms with Crippen LogP contribution in [0.15, 0.2) is 72.3 Å². The van der Waals surface area contributed by atoms with Gasteiger partial charge in [-0.2, -0.15) is 0 Å². The third kappa shape index (κ3) is 2.89. The van der Waals surface area contributed by atoms with Crippen LogP contribution in [-0.4, -0.2) is 5.78 Å². The van der Waals surface area contributed by atoms with Crippen LogP contribution in [0.1, 0.15) is 43.7 Å². The zero-order valence-electron chi connectivity index (χ0n) is 13.1. The molecule has 1 nitrogen and oxygen atoms in total. The Morgan fingerprint density at radius 1 is 0.955 bits per heavy atom. The number of hydrogen-bond acceptors (Lipinski definition) is 1. The molecule has 3 rings (SSSR count). The van der Waals surface area contributed by atoms with Gasteiger partial charge in [0.1, 0.15) is 5.78 Å². The number of Topliss-reactive ketones (excluding diaryl/α,β-unsaturated/α-hetero) is 1. The van der Waals surface area contributed by atoms with Crippen molar-refractivity contribution in [1.82, 2.24) is 0 Å². The lowest BCUT2D eigenvalue weighted by Gasteiger charge is -2.38. The second-order valence-corrected chi connectivity index (χ2v) is 6.26. The smallest absolute Gasteiger partial charge is 0.133 e. The summed E-state index contributed by atoms with van der Waals surface area (Å²) in [7, 11) is 0. The van der Waals surface area contributed by atoms with Crippen LogP contribution in [0.2, 0.25) is 0 Å². The Morgan fingerprint density at radius 2 is 1.50 bits per heavy atom.